The van der Waals surface area contributed by atoms with Gasteiger partial charge in [-0.25, -0.2) is 0 Å². The van der Waals surface area contributed by atoms with Crippen molar-refractivity contribution in [1.29, 1.82) is 0 Å². The highest BCUT2D eigenvalue weighted by Crippen LogP contribution is 2.37. The molecule has 0 amide bonds. The summed E-state index contributed by atoms with van der Waals surface area (Å²) in [6.07, 6.45) is 3.72. The molecule has 0 spiro atoms. The number of nitrogens with zero attached hydrogens (tertiary/aromatic N) is 2. The molecule has 3 aromatic rings. The van der Waals surface area contributed by atoms with E-state index in [1.807, 2.05) is 18.2 Å². The van der Waals surface area contributed by atoms with E-state index in [1.165, 1.54) is 4.90 Å². The van der Waals surface area contributed by atoms with Gasteiger partial charge in [0, 0.05) is 10.5 Å². The number of hydrogen-bond donors (Lipinski definition) is 0. The molecule has 3 rings (SSSR count). The van der Waals surface area contributed by atoms with Crippen LogP contribution in [0.2, 0.25) is 0 Å². The van der Waals surface area contributed by atoms with Gasteiger partial charge in [-0.1, -0.05) is 42.5 Å². The zero-order valence-corrected chi connectivity index (χ0v) is 13.3. The summed E-state index contributed by atoms with van der Waals surface area (Å²) in [5.74, 6) is 0.727. The molecule has 4 heteroatoms. The van der Waals surface area contributed by atoms with Crippen LogP contribution >= 0.6 is 11.8 Å². The second-order valence-corrected chi connectivity index (χ2v) is 5.61. The Morgan fingerprint density at radius 3 is 2.27 bits per heavy atom. The van der Waals surface area contributed by atoms with Crippen molar-refractivity contribution in [3.8, 4) is 28.1 Å². The van der Waals surface area contributed by atoms with Crippen molar-refractivity contribution in [3.63, 3.8) is 0 Å². The summed E-state index contributed by atoms with van der Waals surface area (Å²) in [7, 11) is 1.66. The average molecular weight is 308 g/mol. The summed E-state index contributed by atoms with van der Waals surface area (Å²) in [6.45, 7) is 0. The van der Waals surface area contributed by atoms with Crippen LogP contribution in [0, 0.1) is 0 Å². The summed E-state index contributed by atoms with van der Waals surface area (Å²) in [5, 5.41) is 8.43. The first-order valence-corrected chi connectivity index (χ1v) is 8.15. The normalized spacial score (nSPS) is 10.5. The zero-order valence-electron chi connectivity index (χ0n) is 12.5. The Kier molecular flexibility index (Phi) is 4.39. The van der Waals surface area contributed by atoms with Crippen LogP contribution in [0.3, 0.4) is 0 Å². The van der Waals surface area contributed by atoms with Crippen LogP contribution < -0.4 is 4.74 Å². The maximum absolute atomic E-state index is 5.50. The highest BCUT2D eigenvalue weighted by atomic mass is 32.2. The van der Waals surface area contributed by atoms with Gasteiger partial charge in [-0.3, -0.25) is 0 Å². The molecule has 0 aliphatic rings. The predicted octanol–water partition coefficient (Wildman–Crippen LogP) is 4.54. The van der Waals surface area contributed by atoms with Gasteiger partial charge in [0.05, 0.1) is 18.9 Å². The minimum Gasteiger partial charge on any atom is -0.494 e. The third kappa shape index (κ3) is 2.83. The van der Waals surface area contributed by atoms with Gasteiger partial charge >= 0.3 is 0 Å². The lowest BCUT2D eigenvalue weighted by Gasteiger charge is -2.12. The van der Waals surface area contributed by atoms with Crippen LogP contribution in [0.25, 0.3) is 22.4 Å². The van der Waals surface area contributed by atoms with E-state index in [4.69, 9.17) is 4.74 Å². The van der Waals surface area contributed by atoms with E-state index in [0.29, 0.717) is 0 Å². The van der Waals surface area contributed by atoms with Crippen molar-refractivity contribution in [2.45, 2.75) is 4.90 Å². The van der Waals surface area contributed by atoms with E-state index in [0.717, 1.165) is 28.1 Å². The monoisotopic (exact) mass is 308 g/mol. The van der Waals surface area contributed by atoms with Crippen LogP contribution in [-0.4, -0.2) is 23.6 Å². The van der Waals surface area contributed by atoms with Crippen LogP contribution in [-0.2, 0) is 0 Å². The molecular weight excluding hydrogens is 292 g/mol. The van der Waals surface area contributed by atoms with Crippen molar-refractivity contribution in [2.75, 3.05) is 13.4 Å². The Balaban J connectivity index is 2.18. The first-order valence-electron chi connectivity index (χ1n) is 6.93. The number of thioether (sulfide) groups is 1. The first-order chi connectivity index (χ1) is 10.8. The van der Waals surface area contributed by atoms with Gasteiger partial charge in [0.1, 0.15) is 11.4 Å². The van der Waals surface area contributed by atoms with Crippen molar-refractivity contribution >= 4 is 11.8 Å². The molecular formula is C18H16N2OS. The zero-order chi connectivity index (χ0) is 15.4. The topological polar surface area (TPSA) is 35.0 Å². The van der Waals surface area contributed by atoms with Gasteiger partial charge in [0.2, 0.25) is 0 Å². The Hall–Kier alpha value is -2.33. The van der Waals surface area contributed by atoms with Crippen molar-refractivity contribution in [3.05, 3.63) is 60.8 Å². The first kappa shape index (κ1) is 14.6. The van der Waals surface area contributed by atoms with E-state index >= 15 is 0 Å². The number of aromatic nitrogens is 2. The van der Waals surface area contributed by atoms with Gasteiger partial charge in [-0.05, 0) is 24.0 Å². The molecule has 0 atom stereocenters. The van der Waals surface area contributed by atoms with Gasteiger partial charge < -0.3 is 4.74 Å². The molecule has 0 bridgehead atoms. The summed E-state index contributed by atoms with van der Waals surface area (Å²) in [4.78, 5) is 1.22. The Bertz CT molecular complexity index is 758. The third-order valence-corrected chi connectivity index (χ3v) is 4.21. The standard InChI is InChI=1S/C18H16N2OS/c1-21-16-12-19-20-18(14-8-10-15(22-2)11-9-14)17(16)13-6-4-3-5-7-13/h3-12H,1-2H3. The smallest absolute Gasteiger partial charge is 0.149 e. The number of methoxy groups -OCH3 is 1. The highest BCUT2D eigenvalue weighted by Gasteiger charge is 2.15. The molecule has 0 radical (unpaired) electrons. The highest BCUT2D eigenvalue weighted by molar-refractivity contribution is 7.98. The Labute approximate surface area is 134 Å². The lowest BCUT2D eigenvalue weighted by atomic mass is 9.99. The minimum absolute atomic E-state index is 0.727. The fourth-order valence-electron chi connectivity index (χ4n) is 2.36. The summed E-state index contributed by atoms with van der Waals surface area (Å²) in [6, 6.07) is 18.5. The van der Waals surface area contributed by atoms with E-state index in [9.17, 15) is 0 Å². The molecule has 3 nitrogen and oxygen atoms in total. The van der Waals surface area contributed by atoms with E-state index in [1.54, 1.807) is 25.1 Å². The van der Waals surface area contributed by atoms with Gasteiger partial charge in [-0.15, -0.1) is 16.9 Å². The molecule has 110 valence electrons. The van der Waals surface area contributed by atoms with E-state index in [-0.39, 0.29) is 0 Å². The minimum atomic E-state index is 0.727. The number of ether oxygens (including phenoxy) is 1. The molecule has 2 aromatic carbocycles. The summed E-state index contributed by atoms with van der Waals surface area (Å²) < 4.78 is 5.50. The van der Waals surface area contributed by atoms with E-state index in [2.05, 4.69) is 52.9 Å². The molecule has 22 heavy (non-hydrogen) atoms. The molecule has 0 saturated heterocycles. The van der Waals surface area contributed by atoms with Crippen LogP contribution in [0.15, 0.2) is 65.7 Å². The molecule has 0 N–H and O–H groups in total. The van der Waals surface area contributed by atoms with Gasteiger partial charge in [0.25, 0.3) is 0 Å². The SMILES string of the molecule is COc1cnnc(-c2ccc(SC)cc2)c1-c1ccccc1. The molecule has 0 unspecified atom stereocenters. The van der Waals surface area contributed by atoms with Crippen molar-refractivity contribution < 1.29 is 4.74 Å². The van der Waals surface area contributed by atoms with Crippen molar-refractivity contribution in [2.24, 2.45) is 0 Å². The lowest BCUT2D eigenvalue weighted by Crippen LogP contribution is -1.96. The second-order valence-electron chi connectivity index (χ2n) is 4.73. The van der Waals surface area contributed by atoms with Gasteiger partial charge in [-0.2, -0.15) is 5.10 Å². The molecule has 0 aliphatic carbocycles. The van der Waals surface area contributed by atoms with Crippen LogP contribution in [0.4, 0.5) is 0 Å². The Morgan fingerprint density at radius 1 is 0.909 bits per heavy atom. The number of benzene rings is 2. The largest absolute Gasteiger partial charge is 0.494 e. The fourth-order valence-corrected chi connectivity index (χ4v) is 2.77. The van der Waals surface area contributed by atoms with Crippen molar-refractivity contribution in [1.82, 2.24) is 10.2 Å². The maximum Gasteiger partial charge on any atom is 0.149 e. The molecule has 0 saturated carbocycles. The lowest BCUT2D eigenvalue weighted by molar-refractivity contribution is 0.413. The quantitative estimate of drug-likeness (QED) is 0.663. The molecule has 0 aliphatic heterocycles. The second kappa shape index (κ2) is 6.62. The number of rotatable bonds is 4. The predicted molar refractivity (Wildman–Crippen MR) is 91.2 cm³/mol. The van der Waals surface area contributed by atoms with Crippen LogP contribution in [0.5, 0.6) is 5.75 Å². The maximum atomic E-state index is 5.50. The summed E-state index contributed by atoms with van der Waals surface area (Å²) >= 11 is 1.72. The molecule has 1 heterocycles. The third-order valence-electron chi connectivity index (χ3n) is 3.46. The van der Waals surface area contributed by atoms with Gasteiger partial charge in [0.15, 0.2) is 0 Å². The van der Waals surface area contributed by atoms with Crippen LogP contribution in [0.1, 0.15) is 0 Å². The number of hydrogen-bond acceptors (Lipinski definition) is 4. The fraction of sp³-hybridized carbons (Fsp3) is 0.111. The molecule has 0 fully saturated rings. The average Bonchev–Trinajstić information content (AvgIpc) is 2.62. The molecule has 1 aromatic heterocycles. The summed E-state index contributed by atoms with van der Waals surface area (Å²) in [5.41, 5.74) is 3.90. The van der Waals surface area contributed by atoms with E-state index < -0.39 is 0 Å². The Morgan fingerprint density at radius 2 is 1.64 bits per heavy atom.